The van der Waals surface area contributed by atoms with Crippen LogP contribution >= 0.6 is 0 Å². The number of rotatable bonds is 9. The van der Waals surface area contributed by atoms with Crippen LogP contribution in [0.1, 0.15) is 45.7 Å². The van der Waals surface area contributed by atoms with Crippen molar-refractivity contribution in [1.82, 2.24) is 24.9 Å². The Morgan fingerprint density at radius 2 is 1.15 bits per heavy atom. The fraction of sp³-hybridized carbons (Fsp3) is 0.333. The van der Waals surface area contributed by atoms with Gasteiger partial charge in [-0.05, 0) is 61.4 Å². The molecule has 0 aromatic heterocycles. The molecule has 6 rings (SSSR count). The van der Waals surface area contributed by atoms with Crippen LogP contribution in [0.5, 0.6) is 0 Å². The fourth-order valence-electron chi connectivity index (χ4n) is 6.18. The summed E-state index contributed by atoms with van der Waals surface area (Å²) in [5.74, 6) is -1.59. The number of piperazine rings is 2. The van der Waals surface area contributed by atoms with Crippen molar-refractivity contribution in [3.8, 4) is 6.07 Å². The molecule has 11 nitrogen and oxygen atoms in total. The standard InChI is InChI=1S/C24H28FN5O2.C18H20FN3O/c1-24(2,16-26)17-27-23(32)28-21-9-8-19(14-20(21)25)22(31)30-12-10-29(11-13-30)15-18-6-4-3-5-7-18;19-16-12-15(6-7-17(16)20)18(23)22-10-8-21(9-11-22)13-14-4-2-1-3-5-14/h3-9,14H,10-13,15,17H2,1-2H3,(H2,27,28,32);1-7,12H,8-11,13,20H2. The Bertz CT molecular complexity index is 1960. The molecule has 4 amide bonds. The average Bonchev–Trinajstić information content (AvgIpc) is 3.20. The minimum Gasteiger partial charge on any atom is -0.396 e. The molecule has 2 heterocycles. The van der Waals surface area contributed by atoms with Crippen LogP contribution in [0.3, 0.4) is 0 Å². The van der Waals surface area contributed by atoms with Gasteiger partial charge in [0.25, 0.3) is 11.8 Å². The molecule has 2 aliphatic rings. The monoisotopic (exact) mass is 750 g/mol. The van der Waals surface area contributed by atoms with Gasteiger partial charge >= 0.3 is 6.03 Å². The van der Waals surface area contributed by atoms with E-state index in [4.69, 9.17) is 11.0 Å². The number of carbonyl (C=O) groups excluding carboxylic acids is 3. The van der Waals surface area contributed by atoms with Crippen molar-refractivity contribution >= 4 is 29.2 Å². The first-order chi connectivity index (χ1) is 26.4. The van der Waals surface area contributed by atoms with Crippen LogP contribution in [-0.4, -0.2) is 96.3 Å². The number of urea groups is 1. The molecular weight excluding hydrogens is 703 g/mol. The van der Waals surface area contributed by atoms with E-state index in [1.807, 2.05) is 36.4 Å². The van der Waals surface area contributed by atoms with Crippen LogP contribution in [0.25, 0.3) is 0 Å². The Morgan fingerprint density at radius 3 is 1.58 bits per heavy atom. The van der Waals surface area contributed by atoms with E-state index in [1.54, 1.807) is 29.7 Å². The Kier molecular flexibility index (Phi) is 13.9. The minimum atomic E-state index is -0.725. The van der Waals surface area contributed by atoms with Gasteiger partial charge in [-0.25, -0.2) is 13.6 Å². The summed E-state index contributed by atoms with van der Waals surface area (Å²) in [6, 6.07) is 30.2. The maximum absolute atomic E-state index is 14.5. The van der Waals surface area contributed by atoms with E-state index in [1.165, 1.54) is 35.4 Å². The van der Waals surface area contributed by atoms with Gasteiger partial charge in [-0.1, -0.05) is 60.7 Å². The summed E-state index contributed by atoms with van der Waals surface area (Å²) in [7, 11) is 0. The van der Waals surface area contributed by atoms with Crippen molar-refractivity contribution in [3.05, 3.63) is 131 Å². The maximum atomic E-state index is 14.5. The lowest BCUT2D eigenvalue weighted by Gasteiger charge is -2.34. The Balaban J connectivity index is 0.000000222. The molecular formula is C42H48F2N8O3. The third-order valence-electron chi connectivity index (χ3n) is 9.52. The van der Waals surface area contributed by atoms with Gasteiger partial charge in [0.15, 0.2) is 0 Å². The summed E-state index contributed by atoms with van der Waals surface area (Å²) < 4.78 is 28.0. The van der Waals surface area contributed by atoms with Gasteiger partial charge in [-0.15, -0.1) is 0 Å². The highest BCUT2D eigenvalue weighted by molar-refractivity contribution is 5.96. The number of nitrogen functional groups attached to an aromatic ring is 1. The normalized spacial score (nSPS) is 15.0. The minimum absolute atomic E-state index is 0.0264. The lowest BCUT2D eigenvalue weighted by Crippen LogP contribution is -2.48. The van der Waals surface area contributed by atoms with E-state index in [9.17, 15) is 23.2 Å². The highest BCUT2D eigenvalue weighted by Crippen LogP contribution is 2.20. The van der Waals surface area contributed by atoms with Crippen molar-refractivity contribution in [3.63, 3.8) is 0 Å². The summed E-state index contributed by atoms with van der Waals surface area (Å²) in [6.07, 6.45) is 0. The summed E-state index contributed by atoms with van der Waals surface area (Å²) in [4.78, 5) is 45.3. The average molecular weight is 751 g/mol. The van der Waals surface area contributed by atoms with Gasteiger partial charge in [-0.2, -0.15) is 5.26 Å². The first kappa shape index (κ1) is 40.3. The third-order valence-corrected chi connectivity index (χ3v) is 9.52. The second-order valence-electron chi connectivity index (χ2n) is 14.3. The van der Waals surface area contributed by atoms with Crippen LogP contribution in [0.2, 0.25) is 0 Å². The van der Waals surface area contributed by atoms with E-state index in [0.29, 0.717) is 31.7 Å². The molecule has 4 aromatic rings. The molecule has 0 radical (unpaired) electrons. The molecule has 0 aliphatic carbocycles. The molecule has 0 atom stereocenters. The van der Waals surface area contributed by atoms with E-state index in [-0.39, 0.29) is 35.3 Å². The van der Waals surface area contributed by atoms with E-state index in [0.717, 1.165) is 45.3 Å². The zero-order valence-corrected chi connectivity index (χ0v) is 31.3. The molecule has 0 saturated carbocycles. The summed E-state index contributed by atoms with van der Waals surface area (Å²) >= 11 is 0. The number of nitrogens with zero attached hydrogens (tertiary/aromatic N) is 5. The number of nitriles is 1. The molecule has 0 unspecified atom stereocenters. The smallest absolute Gasteiger partial charge is 0.319 e. The van der Waals surface area contributed by atoms with Crippen LogP contribution < -0.4 is 16.4 Å². The topological polar surface area (TPSA) is 138 Å². The highest BCUT2D eigenvalue weighted by atomic mass is 19.1. The van der Waals surface area contributed by atoms with Crippen molar-refractivity contribution in [2.75, 3.05) is 70.0 Å². The van der Waals surface area contributed by atoms with Crippen molar-refractivity contribution in [2.24, 2.45) is 5.41 Å². The van der Waals surface area contributed by atoms with Gasteiger partial charge in [0, 0.05) is 83.1 Å². The second kappa shape index (κ2) is 19.0. The third kappa shape index (κ3) is 11.8. The van der Waals surface area contributed by atoms with Crippen LogP contribution in [0.4, 0.5) is 25.0 Å². The van der Waals surface area contributed by atoms with Crippen LogP contribution in [0.15, 0.2) is 97.1 Å². The molecule has 4 N–H and O–H groups in total. The maximum Gasteiger partial charge on any atom is 0.319 e. The Hall–Kier alpha value is -5.84. The van der Waals surface area contributed by atoms with E-state index < -0.39 is 23.1 Å². The van der Waals surface area contributed by atoms with Gasteiger partial charge in [0.1, 0.15) is 11.6 Å². The van der Waals surface area contributed by atoms with Gasteiger partial charge in [0.05, 0.1) is 22.9 Å². The first-order valence-electron chi connectivity index (χ1n) is 18.3. The predicted molar refractivity (Wildman–Crippen MR) is 209 cm³/mol. The zero-order chi connectivity index (χ0) is 39.4. The van der Waals surface area contributed by atoms with E-state index >= 15 is 0 Å². The summed E-state index contributed by atoms with van der Waals surface area (Å²) in [6.45, 7) is 10.8. The van der Waals surface area contributed by atoms with Crippen LogP contribution in [-0.2, 0) is 13.1 Å². The molecule has 0 bridgehead atoms. The quantitative estimate of drug-likeness (QED) is 0.183. The molecule has 288 valence electrons. The van der Waals surface area contributed by atoms with Crippen molar-refractivity contribution in [1.29, 1.82) is 5.26 Å². The van der Waals surface area contributed by atoms with Gasteiger partial charge in [0.2, 0.25) is 0 Å². The van der Waals surface area contributed by atoms with Crippen molar-refractivity contribution in [2.45, 2.75) is 26.9 Å². The van der Waals surface area contributed by atoms with Crippen LogP contribution in [0, 0.1) is 28.4 Å². The number of nitrogens with one attached hydrogen (secondary N) is 2. The van der Waals surface area contributed by atoms with Crippen molar-refractivity contribution < 1.29 is 23.2 Å². The number of hydrogen-bond acceptors (Lipinski definition) is 7. The lowest BCUT2D eigenvalue weighted by atomic mass is 9.96. The second-order valence-corrected chi connectivity index (χ2v) is 14.3. The molecule has 2 aliphatic heterocycles. The summed E-state index contributed by atoms with van der Waals surface area (Å²) in [5.41, 5.74) is 7.87. The van der Waals surface area contributed by atoms with Gasteiger partial charge < -0.3 is 26.2 Å². The number of carbonyl (C=O) groups is 3. The van der Waals surface area contributed by atoms with E-state index in [2.05, 4.69) is 50.8 Å². The largest absolute Gasteiger partial charge is 0.396 e. The molecule has 13 heteroatoms. The fourth-order valence-corrected chi connectivity index (χ4v) is 6.18. The SMILES string of the molecule is CC(C)(C#N)CNC(=O)Nc1ccc(C(=O)N2CCN(Cc3ccccc3)CC2)cc1F.Nc1ccc(C(=O)N2CCN(Cc3ccccc3)CC2)cc1F. The summed E-state index contributed by atoms with van der Waals surface area (Å²) in [5, 5.41) is 13.9. The molecule has 0 spiro atoms. The number of benzene rings is 4. The number of halogens is 2. The number of amides is 4. The molecule has 4 aromatic carbocycles. The number of hydrogen-bond donors (Lipinski definition) is 3. The molecule has 2 fully saturated rings. The lowest BCUT2D eigenvalue weighted by molar-refractivity contribution is 0.0621. The molecule has 2 saturated heterocycles. The zero-order valence-electron chi connectivity index (χ0n) is 31.3. The number of anilines is 2. The Labute approximate surface area is 321 Å². The molecule has 55 heavy (non-hydrogen) atoms. The Morgan fingerprint density at radius 1 is 0.691 bits per heavy atom. The number of nitrogens with two attached hydrogens (primary N) is 1. The van der Waals surface area contributed by atoms with Gasteiger partial charge in [-0.3, -0.25) is 19.4 Å². The predicted octanol–water partition coefficient (Wildman–Crippen LogP) is 5.82. The first-order valence-corrected chi connectivity index (χ1v) is 18.3. The highest BCUT2D eigenvalue weighted by Gasteiger charge is 2.25.